The number of phenols is 1. The molecule has 0 aromatic heterocycles. The normalized spacial score (nSPS) is 10.3. The Morgan fingerprint density at radius 3 is 1.72 bits per heavy atom. The lowest BCUT2D eigenvalue weighted by atomic mass is 10.2. The fourth-order valence-corrected chi connectivity index (χ4v) is 2.00. The minimum Gasteiger partial charge on any atom is -0.508 e. The van der Waals surface area contributed by atoms with E-state index in [1.165, 1.54) is 6.07 Å². The lowest BCUT2D eigenvalue weighted by molar-refractivity contribution is 0.475. The van der Waals surface area contributed by atoms with E-state index in [4.69, 9.17) is 9.66 Å². The number of phenolic OH excluding ortho intramolecular Hbond substituents is 1. The maximum atomic E-state index is 10.6. The van der Waals surface area contributed by atoms with E-state index in [1.54, 1.807) is 49.4 Å². The number of benzene rings is 2. The maximum absolute atomic E-state index is 10.6. The van der Waals surface area contributed by atoms with Crippen molar-refractivity contribution in [3.05, 3.63) is 60.2 Å². The highest BCUT2D eigenvalue weighted by atomic mass is 32.2. The second-order valence-corrected chi connectivity index (χ2v) is 4.97. The van der Waals surface area contributed by atoms with Gasteiger partial charge in [0, 0.05) is 0 Å². The summed E-state index contributed by atoms with van der Waals surface area (Å²) < 4.78 is 29.9. The number of hydrogen-bond acceptors (Lipinski definition) is 3. The van der Waals surface area contributed by atoms with Gasteiger partial charge in [0.05, 0.1) is 4.90 Å². The van der Waals surface area contributed by atoms with Crippen molar-refractivity contribution < 1.29 is 18.1 Å². The molecular weight excluding hydrogens is 252 g/mol. The van der Waals surface area contributed by atoms with Gasteiger partial charge in [-0.3, -0.25) is 4.55 Å². The molecule has 0 unspecified atom stereocenters. The van der Waals surface area contributed by atoms with Crippen LogP contribution in [0.5, 0.6) is 5.75 Å². The maximum Gasteiger partial charge on any atom is 0.294 e. The van der Waals surface area contributed by atoms with Gasteiger partial charge < -0.3 is 5.11 Å². The summed E-state index contributed by atoms with van der Waals surface area (Å²) in [6.07, 6.45) is 0. The number of aryl methyl sites for hydroxylation is 1. The van der Waals surface area contributed by atoms with Crippen LogP contribution in [-0.2, 0) is 10.1 Å². The molecule has 0 spiro atoms. The minimum atomic E-state index is -4.03. The molecule has 0 radical (unpaired) electrons. The van der Waals surface area contributed by atoms with Crippen LogP contribution in [0.3, 0.4) is 0 Å². The Labute approximate surface area is 106 Å². The third-order valence-corrected chi connectivity index (χ3v) is 3.14. The molecule has 0 amide bonds. The van der Waals surface area contributed by atoms with Crippen LogP contribution in [-0.4, -0.2) is 18.1 Å². The first-order chi connectivity index (χ1) is 8.41. The number of rotatable bonds is 1. The van der Waals surface area contributed by atoms with Crippen LogP contribution in [0.25, 0.3) is 0 Å². The molecule has 2 aromatic carbocycles. The van der Waals surface area contributed by atoms with Crippen LogP contribution in [0.2, 0.25) is 0 Å². The summed E-state index contributed by atoms with van der Waals surface area (Å²) in [5, 5.41) is 8.63. The molecule has 0 bridgehead atoms. The van der Waals surface area contributed by atoms with Crippen molar-refractivity contribution in [1.82, 2.24) is 0 Å². The van der Waals surface area contributed by atoms with Gasteiger partial charge in [0.2, 0.25) is 0 Å². The van der Waals surface area contributed by atoms with E-state index in [2.05, 4.69) is 0 Å². The van der Waals surface area contributed by atoms with Crippen molar-refractivity contribution in [1.29, 1.82) is 0 Å². The van der Waals surface area contributed by atoms with Gasteiger partial charge in [0.25, 0.3) is 10.1 Å². The molecule has 4 nitrogen and oxygen atoms in total. The lowest BCUT2D eigenvalue weighted by Gasteiger charge is -1.99. The van der Waals surface area contributed by atoms with Gasteiger partial charge in [0.1, 0.15) is 5.75 Å². The largest absolute Gasteiger partial charge is 0.508 e. The van der Waals surface area contributed by atoms with Gasteiger partial charge in [-0.05, 0) is 30.7 Å². The van der Waals surface area contributed by atoms with Crippen molar-refractivity contribution in [2.75, 3.05) is 0 Å². The van der Waals surface area contributed by atoms with Gasteiger partial charge in [-0.25, -0.2) is 0 Å². The fraction of sp³-hybridized carbons (Fsp3) is 0.0769. The van der Waals surface area contributed by atoms with Gasteiger partial charge in [-0.1, -0.05) is 36.4 Å². The fourth-order valence-electron chi connectivity index (χ4n) is 1.27. The number of hydrogen-bond donors (Lipinski definition) is 2. The molecule has 0 heterocycles. The summed E-state index contributed by atoms with van der Waals surface area (Å²) in [6, 6.07) is 15.0. The standard InChI is InChI=1S/C7H8O3S.C6H6O/c1-6-4-2-3-5-7(6)11(8,9)10;7-6-4-2-1-3-5-6/h2-5H,1H3,(H,8,9,10);1-5,7H. The Morgan fingerprint density at radius 1 is 0.889 bits per heavy atom. The van der Waals surface area contributed by atoms with E-state index in [0.717, 1.165) is 0 Å². The Kier molecular flexibility index (Phi) is 4.88. The molecular formula is C13H14O4S. The zero-order valence-electron chi connectivity index (χ0n) is 9.82. The van der Waals surface area contributed by atoms with E-state index in [9.17, 15) is 8.42 Å². The van der Waals surface area contributed by atoms with Crippen molar-refractivity contribution in [2.45, 2.75) is 11.8 Å². The zero-order chi connectivity index (χ0) is 13.6. The molecule has 96 valence electrons. The van der Waals surface area contributed by atoms with Crippen molar-refractivity contribution >= 4 is 10.1 Å². The predicted molar refractivity (Wildman–Crippen MR) is 69.1 cm³/mol. The quantitative estimate of drug-likeness (QED) is 0.778. The van der Waals surface area contributed by atoms with Crippen LogP contribution in [0.15, 0.2) is 59.5 Å². The first-order valence-electron chi connectivity index (χ1n) is 5.18. The molecule has 0 aliphatic heterocycles. The monoisotopic (exact) mass is 266 g/mol. The first kappa shape index (κ1) is 14.2. The van der Waals surface area contributed by atoms with Crippen LogP contribution in [0.4, 0.5) is 0 Å². The summed E-state index contributed by atoms with van der Waals surface area (Å²) >= 11 is 0. The van der Waals surface area contributed by atoms with E-state index < -0.39 is 10.1 Å². The summed E-state index contributed by atoms with van der Waals surface area (Å²) in [4.78, 5) is -0.0278. The Bertz CT molecular complexity index is 591. The van der Waals surface area contributed by atoms with E-state index in [-0.39, 0.29) is 4.90 Å². The molecule has 5 heteroatoms. The smallest absolute Gasteiger partial charge is 0.294 e. The third kappa shape index (κ3) is 4.57. The highest BCUT2D eigenvalue weighted by Gasteiger charge is 2.10. The van der Waals surface area contributed by atoms with Gasteiger partial charge in [0.15, 0.2) is 0 Å². The molecule has 0 saturated heterocycles. The van der Waals surface area contributed by atoms with E-state index >= 15 is 0 Å². The molecule has 0 aliphatic carbocycles. The number of aromatic hydroxyl groups is 1. The summed E-state index contributed by atoms with van der Waals surface area (Å²) in [5.74, 6) is 0.322. The molecule has 2 aromatic rings. The van der Waals surface area contributed by atoms with Gasteiger partial charge in [-0.2, -0.15) is 8.42 Å². The average molecular weight is 266 g/mol. The van der Waals surface area contributed by atoms with Crippen LogP contribution < -0.4 is 0 Å². The highest BCUT2D eigenvalue weighted by molar-refractivity contribution is 7.85. The third-order valence-electron chi connectivity index (χ3n) is 2.13. The zero-order valence-corrected chi connectivity index (χ0v) is 10.6. The van der Waals surface area contributed by atoms with Gasteiger partial charge >= 0.3 is 0 Å². The van der Waals surface area contributed by atoms with Crippen LogP contribution >= 0.6 is 0 Å². The second kappa shape index (κ2) is 6.18. The van der Waals surface area contributed by atoms with Gasteiger partial charge in [-0.15, -0.1) is 0 Å². The van der Waals surface area contributed by atoms with Crippen molar-refractivity contribution in [3.8, 4) is 5.75 Å². The lowest BCUT2D eigenvalue weighted by Crippen LogP contribution is -1.99. The molecule has 2 rings (SSSR count). The first-order valence-corrected chi connectivity index (χ1v) is 6.62. The average Bonchev–Trinajstić information content (AvgIpc) is 2.30. The molecule has 0 aliphatic rings. The summed E-state index contributed by atoms with van der Waals surface area (Å²) in [6.45, 7) is 1.63. The predicted octanol–water partition coefficient (Wildman–Crippen LogP) is 2.63. The van der Waals surface area contributed by atoms with E-state index in [0.29, 0.717) is 11.3 Å². The van der Waals surface area contributed by atoms with Crippen molar-refractivity contribution in [2.24, 2.45) is 0 Å². The Morgan fingerprint density at radius 2 is 1.39 bits per heavy atom. The number of para-hydroxylation sites is 1. The minimum absolute atomic E-state index is 0.0278. The molecule has 18 heavy (non-hydrogen) atoms. The van der Waals surface area contributed by atoms with Crippen LogP contribution in [0, 0.1) is 6.92 Å². The second-order valence-electron chi connectivity index (χ2n) is 3.58. The molecule has 0 saturated carbocycles. The SMILES string of the molecule is Cc1ccccc1S(=O)(=O)O.Oc1ccccc1. The molecule has 0 atom stereocenters. The topological polar surface area (TPSA) is 74.6 Å². The van der Waals surface area contributed by atoms with Crippen LogP contribution in [0.1, 0.15) is 5.56 Å². The Balaban J connectivity index is 0.000000199. The Hall–Kier alpha value is -1.85. The van der Waals surface area contributed by atoms with Crippen molar-refractivity contribution in [3.63, 3.8) is 0 Å². The highest BCUT2D eigenvalue weighted by Crippen LogP contribution is 2.12. The summed E-state index contributed by atoms with van der Waals surface area (Å²) in [7, 11) is -4.03. The summed E-state index contributed by atoms with van der Waals surface area (Å²) in [5.41, 5.74) is 0.551. The van der Waals surface area contributed by atoms with E-state index in [1.807, 2.05) is 6.07 Å². The molecule has 2 N–H and O–H groups in total. The molecule has 0 fully saturated rings.